The Labute approximate surface area is 190 Å². The Bertz CT molecular complexity index is 1220. The Kier molecular flexibility index (Phi) is 3.76. The number of benzene rings is 1. The van der Waals surface area contributed by atoms with Gasteiger partial charge in [-0.3, -0.25) is 5.10 Å². The van der Waals surface area contributed by atoms with Crippen molar-refractivity contribution in [3.63, 3.8) is 0 Å². The van der Waals surface area contributed by atoms with Gasteiger partial charge in [-0.2, -0.15) is 5.10 Å². The Balaban J connectivity index is 1.29. The van der Waals surface area contributed by atoms with Crippen molar-refractivity contribution in [2.75, 3.05) is 14.1 Å². The summed E-state index contributed by atoms with van der Waals surface area (Å²) >= 11 is 0. The Morgan fingerprint density at radius 1 is 1.19 bits per heavy atom. The smallest absolute Gasteiger partial charge is 0.0980 e. The number of ether oxygens (including phenoxy) is 1. The van der Waals surface area contributed by atoms with E-state index in [4.69, 9.17) is 4.74 Å². The number of nitrogens with one attached hydrogen (secondary N) is 1. The van der Waals surface area contributed by atoms with Crippen LogP contribution in [0.15, 0.2) is 53.8 Å². The van der Waals surface area contributed by atoms with E-state index in [1.807, 2.05) is 6.20 Å². The lowest BCUT2D eigenvalue weighted by Crippen LogP contribution is -2.54. The molecule has 1 aromatic carbocycles. The average molecular weight is 428 g/mol. The van der Waals surface area contributed by atoms with Gasteiger partial charge in [0.1, 0.15) is 0 Å². The predicted octanol–water partition coefficient (Wildman–Crippen LogP) is 5.64. The number of rotatable bonds is 2. The minimum Gasteiger partial charge on any atom is -0.359 e. The first-order chi connectivity index (χ1) is 15.4. The largest absolute Gasteiger partial charge is 0.359 e. The van der Waals surface area contributed by atoms with Gasteiger partial charge in [0.25, 0.3) is 0 Å². The molecule has 0 radical (unpaired) electrons. The number of aromatic amines is 1. The van der Waals surface area contributed by atoms with Gasteiger partial charge in [-0.15, -0.1) is 0 Å². The lowest BCUT2D eigenvalue weighted by molar-refractivity contribution is -0.134. The summed E-state index contributed by atoms with van der Waals surface area (Å²) in [5.41, 5.74) is 7.01. The number of hydrogen-bond donors (Lipinski definition) is 1. The topological polar surface area (TPSA) is 41.2 Å². The molecule has 166 valence electrons. The van der Waals surface area contributed by atoms with Crippen LogP contribution in [-0.4, -0.2) is 46.4 Å². The Morgan fingerprint density at radius 3 is 2.97 bits per heavy atom. The highest BCUT2D eigenvalue weighted by Gasteiger charge is 2.65. The molecule has 2 aromatic rings. The Hall–Kier alpha value is -2.17. The summed E-state index contributed by atoms with van der Waals surface area (Å²) in [5.74, 6) is 0.513. The molecular formula is C28H33N3O. The Morgan fingerprint density at radius 2 is 2.09 bits per heavy atom. The first-order valence-corrected chi connectivity index (χ1v) is 12.4. The monoisotopic (exact) mass is 427 g/mol. The zero-order valence-corrected chi connectivity index (χ0v) is 19.4. The van der Waals surface area contributed by atoms with Crippen molar-refractivity contribution in [3.8, 4) is 0 Å². The van der Waals surface area contributed by atoms with E-state index >= 15 is 0 Å². The van der Waals surface area contributed by atoms with Gasteiger partial charge in [0.2, 0.25) is 0 Å². The van der Waals surface area contributed by atoms with Crippen molar-refractivity contribution < 1.29 is 4.74 Å². The van der Waals surface area contributed by atoms with Crippen LogP contribution >= 0.6 is 0 Å². The summed E-state index contributed by atoms with van der Waals surface area (Å²) in [6.45, 7) is 2.49. The van der Waals surface area contributed by atoms with Crippen LogP contribution < -0.4 is 0 Å². The van der Waals surface area contributed by atoms with Gasteiger partial charge in [-0.05, 0) is 87.4 Å². The minimum absolute atomic E-state index is 0.0274. The van der Waals surface area contributed by atoms with Crippen LogP contribution in [0, 0.1) is 11.3 Å². The summed E-state index contributed by atoms with van der Waals surface area (Å²) in [5, 5.41) is 8.56. The summed E-state index contributed by atoms with van der Waals surface area (Å²) in [6, 6.07) is 7.40. The third kappa shape index (κ3) is 2.32. The highest BCUT2D eigenvalue weighted by Crippen LogP contribution is 2.67. The second-order valence-electron chi connectivity index (χ2n) is 11.4. The maximum absolute atomic E-state index is 7.37. The van der Waals surface area contributed by atoms with Gasteiger partial charge in [0, 0.05) is 22.8 Å². The quantitative estimate of drug-likeness (QED) is 0.674. The normalized spacial score (nSPS) is 39.9. The van der Waals surface area contributed by atoms with Crippen LogP contribution in [0.4, 0.5) is 0 Å². The molecule has 1 unspecified atom stereocenters. The van der Waals surface area contributed by atoms with Crippen molar-refractivity contribution in [3.05, 3.63) is 59.3 Å². The second kappa shape index (κ2) is 6.24. The van der Waals surface area contributed by atoms with Crippen LogP contribution in [-0.2, 0) is 4.74 Å². The second-order valence-corrected chi connectivity index (χ2v) is 11.4. The van der Waals surface area contributed by atoms with E-state index in [1.54, 1.807) is 5.57 Å². The van der Waals surface area contributed by atoms with Gasteiger partial charge in [-0.25, -0.2) is 0 Å². The number of H-pyrrole nitrogens is 1. The summed E-state index contributed by atoms with van der Waals surface area (Å²) < 4.78 is 7.37. The zero-order chi connectivity index (χ0) is 21.7. The van der Waals surface area contributed by atoms with E-state index in [-0.39, 0.29) is 16.6 Å². The van der Waals surface area contributed by atoms with E-state index in [2.05, 4.69) is 72.5 Å². The summed E-state index contributed by atoms with van der Waals surface area (Å²) in [4.78, 5) is 2.41. The van der Waals surface area contributed by atoms with Crippen LogP contribution in [0.5, 0.6) is 0 Å². The molecule has 3 heterocycles. The molecule has 1 N–H and O–H groups in total. The molecule has 2 aliphatic heterocycles. The summed E-state index contributed by atoms with van der Waals surface area (Å²) in [7, 11) is 4.46. The van der Waals surface area contributed by atoms with Crippen LogP contribution in [0.1, 0.15) is 57.4 Å². The van der Waals surface area contributed by atoms with E-state index < -0.39 is 0 Å². The SMILES string of the molecule is CN(C)[C@@H]1CCC2=CC3=CC[C@]4(C)C(c5ccc6cn[nH]c6c5)=CC[C@H]4C34CC[C@]2(C1)O4. The first-order valence-electron chi connectivity index (χ1n) is 12.4. The third-order valence-electron chi connectivity index (χ3n) is 9.73. The number of nitrogens with zero attached hydrogens (tertiary/aromatic N) is 2. The van der Waals surface area contributed by atoms with Crippen molar-refractivity contribution in [2.45, 2.75) is 69.1 Å². The zero-order valence-electron chi connectivity index (χ0n) is 19.4. The van der Waals surface area contributed by atoms with E-state index in [0.717, 1.165) is 24.8 Å². The molecule has 2 spiro atoms. The standard InChI is InChI=1S/C28H33N3O/c1-26-11-10-21-15-20-6-7-22(31(2)3)16-27(20)12-13-28(21,32-27)25(26)9-8-23(26)18-4-5-19-17-29-30-24(19)14-18/h4-5,8,10,14-15,17,22,25H,6-7,9,11-13,16H2,1-3H3,(H,29,30)/t22-,25-,26-,27-,28?/m1/s1. The fraction of sp³-hybridized carbons (Fsp3) is 0.536. The molecular weight excluding hydrogens is 394 g/mol. The van der Waals surface area contributed by atoms with Gasteiger partial charge >= 0.3 is 0 Å². The highest BCUT2D eigenvalue weighted by atomic mass is 16.5. The maximum atomic E-state index is 7.37. The van der Waals surface area contributed by atoms with Gasteiger partial charge in [0.15, 0.2) is 0 Å². The molecule has 3 aliphatic carbocycles. The molecule has 2 fully saturated rings. The molecule has 5 aliphatic rings. The molecule has 4 nitrogen and oxygen atoms in total. The van der Waals surface area contributed by atoms with Gasteiger partial charge in [-0.1, -0.05) is 37.3 Å². The third-order valence-corrected chi connectivity index (χ3v) is 9.73. The minimum atomic E-state index is -0.110. The molecule has 1 saturated carbocycles. The fourth-order valence-corrected chi connectivity index (χ4v) is 7.96. The number of aromatic nitrogens is 2. The van der Waals surface area contributed by atoms with Crippen LogP contribution in [0.25, 0.3) is 16.5 Å². The van der Waals surface area contributed by atoms with E-state index in [9.17, 15) is 0 Å². The van der Waals surface area contributed by atoms with E-state index in [0.29, 0.717) is 12.0 Å². The molecule has 7 rings (SSSR count). The lowest BCUT2D eigenvalue weighted by Gasteiger charge is -2.54. The highest BCUT2D eigenvalue weighted by molar-refractivity contribution is 5.84. The van der Waals surface area contributed by atoms with E-state index in [1.165, 1.54) is 47.8 Å². The van der Waals surface area contributed by atoms with Gasteiger partial charge in [0.05, 0.1) is 22.9 Å². The number of allylic oxidation sites excluding steroid dienone is 3. The average Bonchev–Trinajstić information content (AvgIpc) is 3.47. The van der Waals surface area contributed by atoms with Gasteiger partial charge < -0.3 is 9.64 Å². The molecule has 1 saturated heterocycles. The molecule has 0 amide bonds. The fourth-order valence-electron chi connectivity index (χ4n) is 7.96. The molecule has 1 aromatic heterocycles. The number of fused-ring (bicyclic) bond motifs is 2. The van der Waals surface area contributed by atoms with Crippen LogP contribution in [0.2, 0.25) is 0 Å². The van der Waals surface area contributed by atoms with Crippen LogP contribution in [0.3, 0.4) is 0 Å². The molecule has 4 heteroatoms. The summed E-state index contributed by atoms with van der Waals surface area (Å²) in [6.07, 6.45) is 17.7. The molecule has 32 heavy (non-hydrogen) atoms. The maximum Gasteiger partial charge on any atom is 0.0980 e. The lowest BCUT2D eigenvalue weighted by atomic mass is 9.58. The first kappa shape index (κ1) is 19.3. The van der Waals surface area contributed by atoms with Crippen molar-refractivity contribution in [1.29, 1.82) is 0 Å². The predicted molar refractivity (Wildman–Crippen MR) is 128 cm³/mol. The molecule has 5 atom stereocenters. The molecule has 2 bridgehead atoms. The van der Waals surface area contributed by atoms with Crippen molar-refractivity contribution >= 4 is 16.5 Å². The van der Waals surface area contributed by atoms with Crippen molar-refractivity contribution in [2.24, 2.45) is 11.3 Å². The van der Waals surface area contributed by atoms with Crippen molar-refractivity contribution in [1.82, 2.24) is 15.1 Å². The number of hydrogen-bond acceptors (Lipinski definition) is 3.